The van der Waals surface area contributed by atoms with Crippen molar-refractivity contribution in [1.29, 1.82) is 0 Å². The number of amides is 1. The maximum absolute atomic E-state index is 12.3. The quantitative estimate of drug-likeness (QED) is 0.817. The van der Waals surface area contributed by atoms with Crippen LogP contribution in [-0.2, 0) is 9.53 Å². The highest BCUT2D eigenvalue weighted by Gasteiger charge is 2.54. The predicted octanol–water partition coefficient (Wildman–Crippen LogP) is 1.27. The summed E-state index contributed by atoms with van der Waals surface area (Å²) < 4.78 is 11.5. The molecule has 3 rings (SSSR count). The van der Waals surface area contributed by atoms with Gasteiger partial charge in [-0.2, -0.15) is 0 Å². The molecule has 4 atom stereocenters. The van der Waals surface area contributed by atoms with Crippen molar-refractivity contribution in [2.24, 2.45) is 11.8 Å². The zero-order chi connectivity index (χ0) is 15.2. The van der Waals surface area contributed by atoms with Crippen LogP contribution in [0.5, 0.6) is 5.75 Å². The van der Waals surface area contributed by atoms with Gasteiger partial charge >= 0.3 is 0 Å². The number of rotatable bonds is 1. The zero-order valence-corrected chi connectivity index (χ0v) is 12.5. The van der Waals surface area contributed by atoms with Crippen LogP contribution in [0, 0.1) is 11.8 Å². The molecule has 2 heterocycles. The van der Waals surface area contributed by atoms with Crippen molar-refractivity contribution in [3.63, 3.8) is 0 Å². The van der Waals surface area contributed by atoms with Crippen LogP contribution in [0.25, 0.3) is 0 Å². The van der Waals surface area contributed by atoms with Crippen LogP contribution >= 0.6 is 0 Å². The summed E-state index contributed by atoms with van der Waals surface area (Å²) in [5, 5.41) is 13.0. The van der Waals surface area contributed by atoms with Gasteiger partial charge in [0.2, 0.25) is 5.91 Å². The Morgan fingerprint density at radius 1 is 1.38 bits per heavy atom. The Morgan fingerprint density at radius 2 is 2.10 bits per heavy atom. The summed E-state index contributed by atoms with van der Waals surface area (Å²) >= 11 is 0. The molecule has 0 bridgehead atoms. The van der Waals surface area contributed by atoms with Crippen LogP contribution in [0.15, 0.2) is 24.3 Å². The summed E-state index contributed by atoms with van der Waals surface area (Å²) in [6.45, 7) is 4.35. The van der Waals surface area contributed by atoms with Gasteiger partial charge in [0.25, 0.3) is 0 Å². The molecule has 1 saturated heterocycles. The highest BCUT2D eigenvalue weighted by molar-refractivity contribution is 5.80. The fourth-order valence-electron chi connectivity index (χ4n) is 3.57. The van der Waals surface area contributed by atoms with Crippen molar-refractivity contribution in [3.8, 4) is 5.75 Å². The molecule has 0 aliphatic carbocycles. The lowest BCUT2D eigenvalue weighted by Crippen LogP contribution is -2.58. The van der Waals surface area contributed by atoms with Crippen molar-refractivity contribution in [2.75, 3.05) is 13.7 Å². The molecule has 1 amide bonds. The van der Waals surface area contributed by atoms with E-state index >= 15 is 0 Å². The van der Waals surface area contributed by atoms with Gasteiger partial charge in [0.1, 0.15) is 5.75 Å². The van der Waals surface area contributed by atoms with E-state index in [1.165, 1.54) is 0 Å². The highest BCUT2D eigenvalue weighted by Crippen LogP contribution is 2.51. The number of hydrogen-bond acceptors (Lipinski definition) is 4. The number of hydrogen-bond donors (Lipinski definition) is 2. The topological polar surface area (TPSA) is 67.8 Å². The molecular formula is C16H21NO4. The van der Waals surface area contributed by atoms with Crippen LogP contribution in [0.4, 0.5) is 0 Å². The van der Waals surface area contributed by atoms with Crippen LogP contribution in [-0.4, -0.2) is 36.6 Å². The first-order valence-electron chi connectivity index (χ1n) is 7.25. The van der Waals surface area contributed by atoms with E-state index in [2.05, 4.69) is 5.32 Å². The number of ether oxygens (including phenoxy) is 2. The fourth-order valence-corrected chi connectivity index (χ4v) is 3.57. The van der Waals surface area contributed by atoms with E-state index in [9.17, 15) is 9.90 Å². The van der Waals surface area contributed by atoms with Crippen LogP contribution in [0.3, 0.4) is 0 Å². The minimum Gasteiger partial charge on any atom is -0.493 e. The molecule has 114 valence electrons. The second-order valence-corrected chi connectivity index (χ2v) is 6.23. The van der Waals surface area contributed by atoms with Crippen LogP contribution in [0.2, 0.25) is 0 Å². The standard InChI is InChI=1S/C16H21NO4/c1-16(2)10-8-20-11-7-5-4-6-9(11)12(10)13(14(18)17-3)15(19)21-16/h4-7,10,12-13,15,19H,8H2,1-3H3,(H,17,18)/t10-,12+,13-,15-/m0/s1. The lowest BCUT2D eigenvalue weighted by molar-refractivity contribution is -0.258. The number of para-hydroxylation sites is 1. The Hall–Kier alpha value is -1.59. The Bertz CT molecular complexity index is 557. The molecule has 0 unspecified atom stereocenters. The predicted molar refractivity (Wildman–Crippen MR) is 76.9 cm³/mol. The SMILES string of the molecule is CNC(=O)[C@@H]1[C@@H]2c3ccccc3OC[C@@H]2C(C)(C)O[C@@H]1O. The van der Waals surface area contributed by atoms with Gasteiger partial charge in [-0.15, -0.1) is 0 Å². The third-order valence-electron chi connectivity index (χ3n) is 4.69. The fraction of sp³-hybridized carbons (Fsp3) is 0.562. The Balaban J connectivity index is 2.10. The molecule has 1 aromatic rings. The summed E-state index contributed by atoms with van der Waals surface area (Å²) in [6.07, 6.45) is -1.12. The third-order valence-corrected chi connectivity index (χ3v) is 4.69. The van der Waals surface area contributed by atoms with Crippen LogP contribution in [0.1, 0.15) is 25.3 Å². The average molecular weight is 291 g/mol. The summed E-state index contributed by atoms with van der Waals surface area (Å²) in [4.78, 5) is 12.3. The molecule has 5 nitrogen and oxygen atoms in total. The van der Waals surface area contributed by atoms with Gasteiger partial charge in [0, 0.05) is 18.9 Å². The summed E-state index contributed by atoms with van der Waals surface area (Å²) in [5.74, 6) is -0.146. The maximum Gasteiger partial charge on any atom is 0.228 e. The monoisotopic (exact) mass is 291 g/mol. The second-order valence-electron chi connectivity index (χ2n) is 6.23. The highest BCUT2D eigenvalue weighted by atomic mass is 16.6. The van der Waals surface area contributed by atoms with E-state index in [-0.39, 0.29) is 17.7 Å². The first-order valence-corrected chi connectivity index (χ1v) is 7.25. The summed E-state index contributed by atoms with van der Waals surface area (Å²) in [7, 11) is 1.58. The Labute approximate surface area is 124 Å². The number of nitrogens with one attached hydrogen (secondary N) is 1. The molecule has 0 aromatic heterocycles. The molecule has 1 aromatic carbocycles. The number of benzene rings is 1. The number of aliphatic hydroxyl groups is 1. The van der Waals surface area contributed by atoms with Gasteiger partial charge < -0.3 is 19.9 Å². The van der Waals surface area contributed by atoms with Crippen molar-refractivity contribution in [2.45, 2.75) is 31.7 Å². The number of carbonyl (C=O) groups is 1. The molecule has 5 heteroatoms. The average Bonchev–Trinajstić information content (AvgIpc) is 2.45. The first-order chi connectivity index (χ1) is 9.95. The molecule has 2 N–H and O–H groups in total. The minimum atomic E-state index is -1.12. The van der Waals surface area contributed by atoms with Crippen molar-refractivity contribution in [1.82, 2.24) is 5.32 Å². The Kier molecular flexibility index (Phi) is 3.42. The maximum atomic E-state index is 12.3. The number of carbonyl (C=O) groups excluding carboxylic acids is 1. The van der Waals surface area contributed by atoms with Crippen molar-refractivity contribution >= 4 is 5.91 Å². The number of fused-ring (bicyclic) bond motifs is 3. The molecule has 21 heavy (non-hydrogen) atoms. The molecule has 0 radical (unpaired) electrons. The van der Waals surface area contributed by atoms with E-state index in [0.717, 1.165) is 11.3 Å². The van der Waals surface area contributed by atoms with Crippen LogP contribution < -0.4 is 10.1 Å². The molecule has 2 aliphatic rings. The van der Waals surface area contributed by atoms with Gasteiger partial charge in [-0.25, -0.2) is 0 Å². The Morgan fingerprint density at radius 3 is 2.81 bits per heavy atom. The van der Waals surface area contributed by atoms with Gasteiger partial charge in [-0.1, -0.05) is 18.2 Å². The normalized spacial score (nSPS) is 33.3. The van der Waals surface area contributed by atoms with Gasteiger partial charge in [0.05, 0.1) is 18.1 Å². The first kappa shape index (κ1) is 14.4. The van der Waals surface area contributed by atoms with E-state index < -0.39 is 17.8 Å². The van der Waals surface area contributed by atoms with Crippen molar-refractivity contribution in [3.05, 3.63) is 29.8 Å². The summed E-state index contributed by atoms with van der Waals surface area (Å²) in [6, 6.07) is 7.72. The largest absolute Gasteiger partial charge is 0.493 e. The minimum absolute atomic E-state index is 0.0121. The second kappa shape index (κ2) is 5.00. The van der Waals surface area contributed by atoms with Gasteiger partial charge in [0.15, 0.2) is 6.29 Å². The number of aliphatic hydroxyl groups excluding tert-OH is 1. The molecule has 0 spiro atoms. The lowest BCUT2D eigenvalue weighted by atomic mass is 9.66. The zero-order valence-electron chi connectivity index (χ0n) is 12.5. The van der Waals surface area contributed by atoms with E-state index in [4.69, 9.17) is 9.47 Å². The van der Waals surface area contributed by atoms with E-state index in [1.807, 2.05) is 38.1 Å². The lowest BCUT2D eigenvalue weighted by Gasteiger charge is -2.51. The van der Waals surface area contributed by atoms with Gasteiger partial charge in [-0.05, 0) is 25.5 Å². The molecular weight excluding hydrogens is 270 g/mol. The molecule has 2 aliphatic heterocycles. The van der Waals surface area contributed by atoms with Crippen molar-refractivity contribution < 1.29 is 19.4 Å². The molecule has 0 saturated carbocycles. The van der Waals surface area contributed by atoms with Gasteiger partial charge in [-0.3, -0.25) is 4.79 Å². The summed E-state index contributed by atoms with van der Waals surface area (Å²) in [5.41, 5.74) is 0.417. The van der Waals surface area contributed by atoms with E-state index in [1.54, 1.807) is 7.05 Å². The third kappa shape index (κ3) is 2.21. The molecule has 1 fully saturated rings. The smallest absolute Gasteiger partial charge is 0.228 e. The van der Waals surface area contributed by atoms with E-state index in [0.29, 0.717) is 6.61 Å².